The Morgan fingerprint density at radius 2 is 1.25 bits per heavy atom. The van der Waals surface area contributed by atoms with Gasteiger partial charge in [-0.1, -0.05) is 37.3 Å². The van der Waals surface area contributed by atoms with E-state index in [1.54, 1.807) is 31.2 Å². The Labute approximate surface area is 119 Å². The molecule has 0 heterocycles. The first-order valence-electron chi connectivity index (χ1n) is 6.35. The van der Waals surface area contributed by atoms with Crippen molar-refractivity contribution in [1.29, 1.82) is 0 Å². The molecule has 0 bridgehead atoms. The van der Waals surface area contributed by atoms with Gasteiger partial charge in [-0.25, -0.2) is 0 Å². The van der Waals surface area contributed by atoms with Crippen LogP contribution in [-0.2, 0) is 5.79 Å². The fourth-order valence-electron chi connectivity index (χ4n) is 1.21. The van der Waals surface area contributed by atoms with Crippen LogP contribution in [0, 0.1) is 0 Å². The Morgan fingerprint density at radius 3 is 1.50 bits per heavy atom. The van der Waals surface area contributed by atoms with Gasteiger partial charge < -0.3 is 10.2 Å². The minimum absolute atomic E-state index is 0.267. The van der Waals surface area contributed by atoms with E-state index >= 15 is 0 Å². The van der Waals surface area contributed by atoms with E-state index in [0.29, 0.717) is 12.0 Å². The Balaban J connectivity index is 0.000000370. The maximum absolute atomic E-state index is 9.35. The molecular weight excluding hydrogens is 283 g/mol. The number of aliphatic hydroxyl groups excluding tert-OH is 4. The van der Waals surface area contributed by atoms with Gasteiger partial charge in [0.15, 0.2) is 5.79 Å². The molecule has 0 fully saturated rings. The average molecular weight is 308 g/mol. The average Bonchev–Trinajstić information content (AvgIpc) is 2.52. The second kappa shape index (κ2) is 9.37. The topological polar surface area (TPSA) is 121 Å². The summed E-state index contributed by atoms with van der Waals surface area (Å²) in [6.45, 7) is 1.73. The Hall–Kier alpha value is -0.590. The van der Waals surface area contributed by atoms with E-state index in [0.717, 1.165) is 0 Å². The third kappa shape index (κ3) is 5.81. The molecule has 0 unspecified atom stereocenters. The number of rotatable bonds is 6. The summed E-state index contributed by atoms with van der Waals surface area (Å²) < 4.78 is 0. The molecule has 0 radical (unpaired) electrons. The predicted octanol–water partition coefficient (Wildman–Crippen LogP) is -0.230. The number of hydrogen-bond donors (Lipinski definition) is 6. The Morgan fingerprint density at radius 1 is 0.850 bits per heavy atom. The fourth-order valence-corrected chi connectivity index (χ4v) is 1.81. The van der Waals surface area contributed by atoms with Gasteiger partial charge in [0.05, 0.1) is 0 Å². The first-order chi connectivity index (χ1) is 9.41. The van der Waals surface area contributed by atoms with Crippen molar-refractivity contribution in [1.82, 2.24) is 0 Å². The van der Waals surface area contributed by atoms with Crippen LogP contribution in [0.2, 0.25) is 0 Å². The van der Waals surface area contributed by atoms with Gasteiger partial charge in [-0.05, 0) is 0 Å². The van der Waals surface area contributed by atoms with Crippen LogP contribution < -0.4 is 0 Å². The molecule has 1 aromatic rings. The van der Waals surface area contributed by atoms with Gasteiger partial charge in [-0.2, -0.15) is 0 Å². The third-order valence-corrected chi connectivity index (χ3v) is 5.75. The summed E-state index contributed by atoms with van der Waals surface area (Å²) in [5, 5.41) is 52.9. The summed E-state index contributed by atoms with van der Waals surface area (Å²) >= 11 is 0. The van der Waals surface area contributed by atoms with Crippen LogP contribution in [0.1, 0.15) is 18.9 Å². The number of benzene rings is 1. The monoisotopic (exact) mass is 308 g/mol. The molecule has 1 rings (SSSR count). The van der Waals surface area contributed by atoms with Crippen LogP contribution in [-0.4, -0.2) is 56.0 Å². The van der Waals surface area contributed by atoms with Gasteiger partial charge in [-0.3, -0.25) is 0 Å². The normalized spacial score (nSPS) is 12.6. The van der Waals surface area contributed by atoms with Crippen LogP contribution in [0.15, 0.2) is 30.3 Å². The van der Waals surface area contributed by atoms with E-state index in [9.17, 15) is 10.2 Å². The molecule has 118 valence electrons. The Bertz CT molecular complexity index is 336. The molecule has 6 N–H and O–H groups in total. The van der Waals surface area contributed by atoms with Crippen molar-refractivity contribution in [2.24, 2.45) is 0 Å². The van der Waals surface area contributed by atoms with Gasteiger partial charge in [0, 0.05) is 12.0 Å². The zero-order chi connectivity index (χ0) is 15.6. The van der Waals surface area contributed by atoms with E-state index < -0.39 is 13.0 Å². The second-order valence-electron chi connectivity index (χ2n) is 4.67. The van der Waals surface area contributed by atoms with E-state index in [1.807, 2.05) is 6.07 Å². The fraction of sp³-hybridized carbons (Fsp3) is 0.538. The van der Waals surface area contributed by atoms with Crippen molar-refractivity contribution < 1.29 is 30.6 Å². The summed E-state index contributed by atoms with van der Waals surface area (Å²) in [7, 11) is -2.47. The van der Waals surface area contributed by atoms with Crippen LogP contribution in [0.4, 0.5) is 0 Å². The number of hydrogen-bond acceptors (Lipinski definition) is 6. The minimum atomic E-state index is -2.47. The van der Waals surface area contributed by atoms with Crippen LogP contribution in [0.25, 0.3) is 0 Å². The van der Waals surface area contributed by atoms with Crippen molar-refractivity contribution in [3.05, 3.63) is 35.9 Å². The van der Waals surface area contributed by atoms with Gasteiger partial charge in [0.25, 0.3) is 0 Å². The molecule has 20 heavy (non-hydrogen) atoms. The van der Waals surface area contributed by atoms with Crippen molar-refractivity contribution in [3.8, 4) is 0 Å². The van der Waals surface area contributed by atoms with Crippen molar-refractivity contribution in [2.75, 3.05) is 25.4 Å². The quantitative estimate of drug-likeness (QED) is 0.319. The molecule has 1 aromatic carbocycles. The van der Waals surface area contributed by atoms with E-state index in [-0.39, 0.29) is 25.4 Å². The molecule has 7 heteroatoms. The van der Waals surface area contributed by atoms with E-state index in [2.05, 4.69) is 0 Å². The molecular formula is C13H25O6P. The molecule has 0 aliphatic heterocycles. The van der Waals surface area contributed by atoms with E-state index in [1.165, 1.54) is 0 Å². The standard InChI is InChI=1S/C9H12O2.C4H13O4P/c1-2-9(10,11)8-6-4-3-5-7-8;5-1-9(2-6,3-7)4-8/h3-7,10-11H,2H2,1H3;5-9H,1-4H2. The predicted molar refractivity (Wildman–Crippen MR) is 79.5 cm³/mol. The SMILES string of the molecule is CCC(O)(O)c1ccccc1.OC[PH](CO)(CO)CO. The van der Waals surface area contributed by atoms with Crippen LogP contribution in [0.5, 0.6) is 0 Å². The summed E-state index contributed by atoms with van der Waals surface area (Å²) in [6, 6.07) is 8.81. The van der Waals surface area contributed by atoms with Gasteiger partial charge in [0.2, 0.25) is 0 Å². The molecule has 0 aliphatic carbocycles. The molecule has 0 saturated carbocycles. The van der Waals surface area contributed by atoms with Gasteiger partial charge in [0.1, 0.15) is 0 Å². The van der Waals surface area contributed by atoms with E-state index in [4.69, 9.17) is 20.4 Å². The van der Waals surface area contributed by atoms with Gasteiger partial charge in [-0.15, -0.1) is 0 Å². The summed E-state index contributed by atoms with van der Waals surface area (Å²) in [6.07, 6.45) is -0.767. The zero-order valence-electron chi connectivity index (χ0n) is 11.6. The summed E-state index contributed by atoms with van der Waals surface area (Å²) in [5.41, 5.74) is 0.544. The van der Waals surface area contributed by atoms with Crippen LogP contribution in [0.3, 0.4) is 0 Å². The summed E-state index contributed by atoms with van der Waals surface area (Å²) in [4.78, 5) is 0. The van der Waals surface area contributed by atoms with Crippen molar-refractivity contribution in [3.63, 3.8) is 0 Å². The molecule has 0 saturated heterocycles. The molecule has 0 amide bonds. The molecule has 0 spiro atoms. The van der Waals surface area contributed by atoms with Crippen molar-refractivity contribution in [2.45, 2.75) is 19.1 Å². The molecule has 0 aliphatic rings. The molecule has 0 aromatic heterocycles. The van der Waals surface area contributed by atoms with Crippen molar-refractivity contribution >= 4 is 7.26 Å². The Kier molecular flexibility index (Phi) is 9.09. The zero-order valence-corrected chi connectivity index (χ0v) is 12.6. The maximum atomic E-state index is 9.35. The number of aliphatic hydroxyl groups is 6. The first kappa shape index (κ1) is 19.4. The third-order valence-electron chi connectivity index (χ3n) is 3.07. The van der Waals surface area contributed by atoms with Gasteiger partial charge >= 0.3 is 53.1 Å². The van der Waals surface area contributed by atoms with Crippen LogP contribution >= 0.6 is 7.26 Å². The molecule has 0 atom stereocenters. The summed E-state index contributed by atoms with van der Waals surface area (Å²) in [5.74, 6) is -1.67. The molecule has 6 nitrogen and oxygen atoms in total. The first-order valence-corrected chi connectivity index (χ1v) is 9.18. The second-order valence-corrected chi connectivity index (χ2v) is 8.93.